The van der Waals surface area contributed by atoms with E-state index in [0.29, 0.717) is 26.2 Å². The standard InChI is InChI=1S/C11H11BrCl2N6O/c1-20(2)10-16-9(19-15)17-11(18-10)21-8-4-6(13)5(12)3-7(8)14/h3-4H,15H2,1-2H3,(H,16,17,18,19). The van der Waals surface area contributed by atoms with Crippen LogP contribution >= 0.6 is 39.1 Å². The van der Waals surface area contributed by atoms with Crippen molar-refractivity contribution in [3.8, 4) is 11.8 Å². The summed E-state index contributed by atoms with van der Waals surface area (Å²) in [5.41, 5.74) is 2.35. The van der Waals surface area contributed by atoms with Crippen molar-refractivity contribution in [2.75, 3.05) is 24.4 Å². The minimum absolute atomic E-state index is 0.0435. The first-order valence-corrected chi connectivity index (χ1v) is 7.18. The van der Waals surface area contributed by atoms with Crippen LogP contribution in [0.4, 0.5) is 11.9 Å². The van der Waals surface area contributed by atoms with Gasteiger partial charge in [-0.25, -0.2) is 5.84 Å². The van der Waals surface area contributed by atoms with E-state index in [1.807, 2.05) is 0 Å². The van der Waals surface area contributed by atoms with Gasteiger partial charge in [-0.3, -0.25) is 5.43 Å². The van der Waals surface area contributed by atoms with E-state index in [1.165, 1.54) is 0 Å². The number of ether oxygens (including phenoxy) is 1. The number of halogens is 3. The summed E-state index contributed by atoms with van der Waals surface area (Å²) in [5, 5.41) is 0.814. The number of nitrogens with two attached hydrogens (primary N) is 1. The average Bonchev–Trinajstić information content (AvgIpc) is 2.44. The number of nitrogen functional groups attached to an aromatic ring is 1. The molecule has 0 unspecified atom stereocenters. The molecule has 3 N–H and O–H groups in total. The third-order valence-electron chi connectivity index (χ3n) is 2.31. The molecule has 0 aliphatic rings. The molecule has 10 heteroatoms. The molecule has 2 rings (SSSR count). The Morgan fingerprint density at radius 3 is 2.52 bits per heavy atom. The molecule has 112 valence electrons. The van der Waals surface area contributed by atoms with Crippen LogP contribution in [0.2, 0.25) is 10.0 Å². The molecule has 21 heavy (non-hydrogen) atoms. The van der Waals surface area contributed by atoms with Gasteiger partial charge in [-0.15, -0.1) is 0 Å². The van der Waals surface area contributed by atoms with Crippen molar-refractivity contribution >= 4 is 51.0 Å². The second kappa shape index (κ2) is 6.61. The highest BCUT2D eigenvalue weighted by Crippen LogP contribution is 2.36. The van der Waals surface area contributed by atoms with Gasteiger partial charge < -0.3 is 9.64 Å². The second-order valence-corrected chi connectivity index (χ2v) is 5.75. The predicted molar refractivity (Wildman–Crippen MR) is 86.2 cm³/mol. The fourth-order valence-electron chi connectivity index (χ4n) is 1.34. The van der Waals surface area contributed by atoms with Gasteiger partial charge in [-0.1, -0.05) is 23.2 Å². The molecule has 2 aromatic rings. The maximum absolute atomic E-state index is 6.09. The highest BCUT2D eigenvalue weighted by atomic mass is 79.9. The van der Waals surface area contributed by atoms with Gasteiger partial charge in [0.2, 0.25) is 11.9 Å². The molecule has 0 saturated carbocycles. The summed E-state index contributed by atoms with van der Waals surface area (Å²) in [6.45, 7) is 0. The molecule has 0 spiro atoms. The van der Waals surface area contributed by atoms with E-state index >= 15 is 0 Å². The van der Waals surface area contributed by atoms with Gasteiger partial charge in [0.05, 0.1) is 10.0 Å². The number of rotatable bonds is 4. The second-order valence-electron chi connectivity index (χ2n) is 4.08. The first kappa shape index (κ1) is 16.0. The van der Waals surface area contributed by atoms with Crippen LogP contribution in [0.1, 0.15) is 0 Å². The van der Waals surface area contributed by atoms with Crippen molar-refractivity contribution in [2.24, 2.45) is 5.84 Å². The summed E-state index contributed by atoms with van der Waals surface area (Å²) in [6, 6.07) is 3.22. The Hall–Kier alpha value is -1.35. The van der Waals surface area contributed by atoms with E-state index in [0.717, 1.165) is 0 Å². The monoisotopic (exact) mass is 392 g/mol. The number of anilines is 2. The molecule has 0 amide bonds. The zero-order valence-electron chi connectivity index (χ0n) is 11.1. The largest absolute Gasteiger partial charge is 0.422 e. The minimum Gasteiger partial charge on any atom is -0.422 e. The normalized spacial score (nSPS) is 10.4. The number of aromatic nitrogens is 3. The smallest absolute Gasteiger partial charge is 0.328 e. The fraction of sp³-hybridized carbons (Fsp3) is 0.182. The number of benzene rings is 1. The molecule has 0 aliphatic heterocycles. The van der Waals surface area contributed by atoms with E-state index < -0.39 is 0 Å². The Balaban J connectivity index is 2.39. The first-order chi connectivity index (χ1) is 9.90. The molecule has 1 heterocycles. The molecule has 1 aromatic carbocycles. The minimum atomic E-state index is 0.0435. The number of nitrogens with one attached hydrogen (secondary N) is 1. The van der Waals surface area contributed by atoms with Gasteiger partial charge in [-0.2, -0.15) is 15.0 Å². The maximum atomic E-state index is 6.09. The molecule has 0 radical (unpaired) electrons. The van der Waals surface area contributed by atoms with Gasteiger partial charge >= 0.3 is 6.01 Å². The number of hydrogen-bond acceptors (Lipinski definition) is 7. The van der Waals surface area contributed by atoms with Crippen molar-refractivity contribution in [3.63, 3.8) is 0 Å². The lowest BCUT2D eigenvalue weighted by atomic mass is 10.3. The van der Waals surface area contributed by atoms with Crippen molar-refractivity contribution in [3.05, 3.63) is 26.7 Å². The quantitative estimate of drug-likeness (QED) is 0.468. The zero-order chi connectivity index (χ0) is 15.6. The molecule has 0 bridgehead atoms. The van der Waals surface area contributed by atoms with E-state index in [4.69, 9.17) is 33.8 Å². The van der Waals surface area contributed by atoms with E-state index in [-0.39, 0.29) is 12.0 Å². The molecular formula is C11H11BrCl2N6O. The van der Waals surface area contributed by atoms with Crippen LogP contribution < -0.4 is 20.9 Å². The SMILES string of the molecule is CN(C)c1nc(NN)nc(Oc2cc(Cl)c(Br)cc2Cl)n1. The number of hydrogen-bond donors (Lipinski definition) is 2. The Morgan fingerprint density at radius 1 is 1.19 bits per heavy atom. The van der Waals surface area contributed by atoms with Crippen LogP contribution in [0.5, 0.6) is 11.8 Å². The van der Waals surface area contributed by atoms with Crippen molar-refractivity contribution in [1.29, 1.82) is 0 Å². The molecule has 0 aliphatic carbocycles. The summed E-state index contributed by atoms with van der Waals surface area (Å²) >= 11 is 15.4. The van der Waals surface area contributed by atoms with Crippen molar-refractivity contribution in [2.45, 2.75) is 0 Å². The van der Waals surface area contributed by atoms with Crippen LogP contribution in [0.3, 0.4) is 0 Å². The average molecular weight is 394 g/mol. The number of hydrazine groups is 1. The summed E-state index contributed by atoms with van der Waals surface area (Å²) in [7, 11) is 3.56. The predicted octanol–water partition coefficient (Wildman–Crippen LogP) is 3.08. The van der Waals surface area contributed by atoms with Crippen LogP contribution in [-0.4, -0.2) is 29.0 Å². The molecule has 7 nitrogen and oxygen atoms in total. The van der Waals surface area contributed by atoms with Gasteiger partial charge in [-0.05, 0) is 22.0 Å². The highest BCUT2D eigenvalue weighted by molar-refractivity contribution is 9.10. The Kier molecular flexibility index (Phi) is 5.04. The van der Waals surface area contributed by atoms with Crippen LogP contribution in [0.25, 0.3) is 0 Å². The third kappa shape index (κ3) is 3.85. The van der Waals surface area contributed by atoms with Gasteiger partial charge in [0.1, 0.15) is 0 Å². The van der Waals surface area contributed by atoms with Crippen LogP contribution in [0, 0.1) is 0 Å². The molecular weight excluding hydrogens is 383 g/mol. The van der Waals surface area contributed by atoms with Gasteiger partial charge in [0.15, 0.2) is 5.75 Å². The topological polar surface area (TPSA) is 89.2 Å². The molecule has 0 saturated heterocycles. The first-order valence-electron chi connectivity index (χ1n) is 5.63. The Morgan fingerprint density at radius 2 is 1.90 bits per heavy atom. The zero-order valence-corrected chi connectivity index (χ0v) is 14.2. The lowest BCUT2D eigenvalue weighted by Crippen LogP contribution is -2.17. The van der Waals surface area contributed by atoms with Crippen molar-refractivity contribution in [1.82, 2.24) is 15.0 Å². The summed E-state index contributed by atoms with van der Waals surface area (Å²) in [5.74, 6) is 6.20. The Bertz CT molecular complexity index is 669. The number of nitrogens with zero attached hydrogens (tertiary/aromatic N) is 4. The van der Waals surface area contributed by atoms with Gasteiger partial charge in [0, 0.05) is 24.6 Å². The summed E-state index contributed by atoms with van der Waals surface area (Å²) < 4.78 is 6.22. The lowest BCUT2D eigenvalue weighted by molar-refractivity contribution is 0.440. The van der Waals surface area contributed by atoms with E-state index in [1.54, 1.807) is 31.1 Å². The van der Waals surface area contributed by atoms with Crippen LogP contribution in [-0.2, 0) is 0 Å². The molecule has 1 aromatic heterocycles. The molecule has 0 fully saturated rings. The van der Waals surface area contributed by atoms with Gasteiger partial charge in [0.25, 0.3) is 0 Å². The fourth-order valence-corrected chi connectivity index (χ4v) is 2.17. The third-order valence-corrected chi connectivity index (χ3v) is 3.80. The maximum Gasteiger partial charge on any atom is 0.328 e. The van der Waals surface area contributed by atoms with Crippen molar-refractivity contribution < 1.29 is 4.74 Å². The Labute approximate surface area is 139 Å². The molecule has 0 atom stereocenters. The highest BCUT2D eigenvalue weighted by Gasteiger charge is 2.13. The van der Waals surface area contributed by atoms with E-state index in [2.05, 4.69) is 36.3 Å². The van der Waals surface area contributed by atoms with E-state index in [9.17, 15) is 0 Å². The summed E-state index contributed by atoms with van der Waals surface area (Å²) in [6.07, 6.45) is 0. The lowest BCUT2D eigenvalue weighted by Gasteiger charge is -2.13. The van der Waals surface area contributed by atoms with Crippen LogP contribution in [0.15, 0.2) is 16.6 Å². The summed E-state index contributed by atoms with van der Waals surface area (Å²) in [4.78, 5) is 13.9.